The van der Waals surface area contributed by atoms with Crippen LogP contribution in [-0.4, -0.2) is 65.7 Å². The summed E-state index contributed by atoms with van der Waals surface area (Å²) in [6.45, 7) is 2.24. The van der Waals surface area contributed by atoms with E-state index in [1.165, 1.54) is 25.2 Å². The minimum atomic E-state index is -1.37. The summed E-state index contributed by atoms with van der Waals surface area (Å²) in [6, 6.07) is 13.6. The van der Waals surface area contributed by atoms with Crippen molar-refractivity contribution in [3.05, 3.63) is 59.9 Å². The molecule has 2 aliphatic rings. The molecule has 0 saturated carbocycles. The molecule has 2 saturated heterocycles. The summed E-state index contributed by atoms with van der Waals surface area (Å²) >= 11 is 1.63. The Bertz CT molecular complexity index is 1220. The van der Waals surface area contributed by atoms with Crippen LogP contribution in [-0.2, 0) is 19.8 Å². The molecule has 5 rings (SSSR count). The van der Waals surface area contributed by atoms with Gasteiger partial charge in [0.15, 0.2) is 5.13 Å². The number of para-hydroxylation sites is 1. The summed E-state index contributed by atoms with van der Waals surface area (Å²) in [5.41, 5.74) is -0.0388. The molecule has 0 bridgehead atoms. The van der Waals surface area contributed by atoms with Crippen LogP contribution in [0.25, 0.3) is 10.2 Å². The summed E-state index contributed by atoms with van der Waals surface area (Å²) in [4.78, 5) is 48.4. The Labute approximate surface area is 194 Å². The zero-order valence-electron chi connectivity index (χ0n) is 18.2. The highest BCUT2D eigenvalue weighted by atomic mass is 32.1. The Kier molecular flexibility index (Phi) is 5.36. The van der Waals surface area contributed by atoms with Gasteiger partial charge in [-0.3, -0.25) is 19.3 Å². The number of hydrogen-bond acceptors (Lipinski definition) is 6. The van der Waals surface area contributed by atoms with Gasteiger partial charge in [0.1, 0.15) is 5.82 Å². The van der Waals surface area contributed by atoms with Gasteiger partial charge in [0.05, 0.1) is 15.6 Å². The fraction of sp³-hybridized carbons (Fsp3) is 0.333. The number of likely N-dealkylation sites (tertiary alicyclic amines) is 1. The lowest BCUT2D eigenvalue weighted by Crippen LogP contribution is -2.51. The first-order chi connectivity index (χ1) is 15.9. The third kappa shape index (κ3) is 3.76. The number of likely N-dealkylation sites (N-methyl/N-ethyl adjacent to an activating group) is 1. The first kappa shape index (κ1) is 21.5. The van der Waals surface area contributed by atoms with Crippen molar-refractivity contribution in [3.63, 3.8) is 0 Å². The topological polar surface area (TPSA) is 73.8 Å². The van der Waals surface area contributed by atoms with Crippen molar-refractivity contribution in [2.24, 2.45) is 0 Å². The number of carbonyl (C=O) groups excluding carboxylic acids is 3. The molecule has 3 heterocycles. The molecule has 2 aromatic carbocycles. The van der Waals surface area contributed by atoms with Crippen LogP contribution in [0, 0.1) is 5.82 Å². The Hall–Kier alpha value is -3.33. The van der Waals surface area contributed by atoms with Gasteiger partial charge in [0, 0.05) is 46.1 Å². The van der Waals surface area contributed by atoms with E-state index >= 15 is 0 Å². The largest absolute Gasteiger partial charge is 0.345 e. The number of aromatic nitrogens is 1. The van der Waals surface area contributed by atoms with Crippen LogP contribution >= 0.6 is 11.3 Å². The summed E-state index contributed by atoms with van der Waals surface area (Å²) in [5, 5.41) is 0.928. The molecule has 3 aromatic rings. The third-order valence-corrected chi connectivity index (χ3v) is 7.65. The molecule has 0 spiro atoms. The number of fused-ring (bicyclic) bond motifs is 1. The summed E-state index contributed by atoms with van der Waals surface area (Å²) in [5.74, 6) is -1.53. The van der Waals surface area contributed by atoms with E-state index in [0.29, 0.717) is 31.7 Å². The smallest absolute Gasteiger partial charge is 0.240 e. The van der Waals surface area contributed by atoms with Gasteiger partial charge in [-0.1, -0.05) is 35.6 Å². The van der Waals surface area contributed by atoms with E-state index in [1.54, 1.807) is 22.3 Å². The van der Waals surface area contributed by atoms with E-state index in [-0.39, 0.29) is 24.7 Å². The van der Waals surface area contributed by atoms with Crippen LogP contribution in [0.1, 0.15) is 18.4 Å². The molecular formula is C24H23FN4O3S. The van der Waals surface area contributed by atoms with Crippen LogP contribution in [0.3, 0.4) is 0 Å². The molecule has 3 amide bonds. The second kappa shape index (κ2) is 8.22. The highest BCUT2D eigenvalue weighted by molar-refractivity contribution is 7.22. The maximum Gasteiger partial charge on any atom is 0.240 e. The Balaban J connectivity index is 1.32. The van der Waals surface area contributed by atoms with Gasteiger partial charge < -0.3 is 9.80 Å². The summed E-state index contributed by atoms with van der Waals surface area (Å²) < 4.78 is 15.1. The molecule has 170 valence electrons. The number of halogens is 1. The number of thiazole rings is 1. The van der Waals surface area contributed by atoms with E-state index in [0.717, 1.165) is 20.2 Å². The average molecular weight is 467 g/mol. The molecule has 7 nitrogen and oxygen atoms in total. The van der Waals surface area contributed by atoms with Crippen LogP contribution in [0.5, 0.6) is 0 Å². The van der Waals surface area contributed by atoms with E-state index in [4.69, 9.17) is 4.98 Å². The monoisotopic (exact) mass is 466 g/mol. The molecule has 0 aliphatic carbocycles. The molecule has 1 aromatic heterocycles. The quantitative estimate of drug-likeness (QED) is 0.553. The number of amides is 3. The summed E-state index contributed by atoms with van der Waals surface area (Å²) in [6.07, 6.45) is -0.296. The molecule has 0 unspecified atom stereocenters. The number of hydrogen-bond donors (Lipinski definition) is 0. The lowest BCUT2D eigenvalue weighted by atomic mass is 9.75. The van der Waals surface area contributed by atoms with E-state index in [1.807, 2.05) is 24.3 Å². The Morgan fingerprint density at radius 3 is 2.52 bits per heavy atom. The van der Waals surface area contributed by atoms with E-state index < -0.39 is 17.1 Å². The zero-order chi connectivity index (χ0) is 23.2. The van der Waals surface area contributed by atoms with Crippen molar-refractivity contribution in [1.29, 1.82) is 0 Å². The van der Waals surface area contributed by atoms with Gasteiger partial charge >= 0.3 is 0 Å². The predicted molar refractivity (Wildman–Crippen MR) is 124 cm³/mol. The minimum absolute atomic E-state index is 0.136. The van der Waals surface area contributed by atoms with E-state index in [2.05, 4.69) is 4.90 Å². The molecule has 33 heavy (non-hydrogen) atoms. The second-order valence-corrected chi connectivity index (χ2v) is 9.55. The normalized spacial score (nSPS) is 21.3. The van der Waals surface area contributed by atoms with Gasteiger partial charge in [-0.25, -0.2) is 9.37 Å². The average Bonchev–Trinajstić information content (AvgIpc) is 3.35. The van der Waals surface area contributed by atoms with Gasteiger partial charge in [-0.2, -0.15) is 0 Å². The molecule has 1 atom stereocenters. The number of benzene rings is 2. The van der Waals surface area contributed by atoms with Crippen molar-refractivity contribution < 1.29 is 18.8 Å². The van der Waals surface area contributed by atoms with Gasteiger partial charge in [0.25, 0.3) is 0 Å². The number of imide groups is 1. The maximum atomic E-state index is 14.0. The molecular weight excluding hydrogens is 443 g/mol. The zero-order valence-corrected chi connectivity index (χ0v) is 19.0. The van der Waals surface area contributed by atoms with Crippen LogP contribution in [0.15, 0.2) is 48.5 Å². The van der Waals surface area contributed by atoms with Crippen molar-refractivity contribution in [2.45, 2.75) is 18.3 Å². The minimum Gasteiger partial charge on any atom is -0.345 e. The Morgan fingerprint density at radius 1 is 1.09 bits per heavy atom. The lowest BCUT2D eigenvalue weighted by Gasteiger charge is -2.36. The van der Waals surface area contributed by atoms with E-state index in [9.17, 15) is 18.8 Å². The maximum absolute atomic E-state index is 14.0. The van der Waals surface area contributed by atoms with Crippen LogP contribution in [0.2, 0.25) is 0 Å². The molecule has 9 heteroatoms. The van der Waals surface area contributed by atoms with Crippen molar-refractivity contribution in [1.82, 2.24) is 14.8 Å². The first-order valence-electron chi connectivity index (χ1n) is 10.8. The molecule has 2 fully saturated rings. The van der Waals surface area contributed by atoms with Gasteiger partial charge in [-0.05, 0) is 29.8 Å². The molecule has 0 N–H and O–H groups in total. The number of piperazine rings is 1. The van der Waals surface area contributed by atoms with Gasteiger partial charge in [-0.15, -0.1) is 0 Å². The standard InChI is InChI=1S/C24H23FN4O3S/c1-27-20(30)14-24(22(27)32,16-5-4-6-17(25)13-16)15-21(31)28-9-11-29(12-10-28)23-26-18-7-2-3-8-19(18)33-23/h2-8,13H,9-12,14-15H2,1H3/t24-/m1/s1. The molecule has 0 radical (unpaired) electrons. The van der Waals surface area contributed by atoms with Gasteiger partial charge in [0.2, 0.25) is 17.7 Å². The van der Waals surface area contributed by atoms with Crippen molar-refractivity contribution >= 4 is 44.4 Å². The third-order valence-electron chi connectivity index (χ3n) is 6.56. The lowest BCUT2D eigenvalue weighted by molar-refractivity contribution is -0.141. The number of anilines is 1. The second-order valence-electron chi connectivity index (χ2n) is 8.54. The SMILES string of the molecule is CN1C(=O)C[C@@](CC(=O)N2CCN(c3nc4ccccc4s3)CC2)(c2cccc(F)c2)C1=O. The first-order valence-corrected chi connectivity index (χ1v) is 11.6. The van der Waals surface area contributed by atoms with Crippen LogP contribution < -0.4 is 4.90 Å². The Morgan fingerprint density at radius 2 is 1.85 bits per heavy atom. The predicted octanol–water partition coefficient (Wildman–Crippen LogP) is 2.80. The van der Waals surface area contributed by atoms with Crippen molar-refractivity contribution in [2.75, 3.05) is 38.1 Å². The summed E-state index contributed by atoms with van der Waals surface area (Å²) in [7, 11) is 1.41. The fourth-order valence-electron chi connectivity index (χ4n) is 4.65. The number of rotatable bonds is 4. The highest BCUT2D eigenvalue weighted by Gasteiger charge is 2.53. The number of nitrogens with zero attached hydrogens (tertiary/aromatic N) is 4. The van der Waals surface area contributed by atoms with Crippen molar-refractivity contribution in [3.8, 4) is 0 Å². The number of carbonyl (C=O) groups is 3. The molecule has 2 aliphatic heterocycles. The fourth-order valence-corrected chi connectivity index (χ4v) is 5.67. The highest BCUT2D eigenvalue weighted by Crippen LogP contribution is 2.40. The van der Waals surface area contributed by atoms with Crippen LogP contribution in [0.4, 0.5) is 9.52 Å².